The van der Waals surface area contributed by atoms with Gasteiger partial charge in [0.05, 0.1) is 6.07 Å². The van der Waals surface area contributed by atoms with E-state index in [0.29, 0.717) is 0 Å². The molecule has 0 bridgehead atoms. The van der Waals surface area contributed by atoms with Crippen LogP contribution >= 0.6 is 0 Å². The minimum atomic E-state index is -0.731. The zero-order valence-corrected chi connectivity index (χ0v) is 10.6. The molecule has 1 aliphatic rings. The van der Waals surface area contributed by atoms with Crippen molar-refractivity contribution in [1.82, 2.24) is 5.32 Å². The van der Waals surface area contributed by atoms with Gasteiger partial charge in [0.25, 0.3) is 0 Å². The molecule has 0 aromatic heterocycles. The van der Waals surface area contributed by atoms with Crippen molar-refractivity contribution in [3.63, 3.8) is 0 Å². The van der Waals surface area contributed by atoms with Crippen molar-refractivity contribution < 1.29 is 4.79 Å². The molecule has 1 N–H and O–H groups in total. The molecule has 0 heterocycles. The minimum Gasteiger partial charge on any atom is -0.338 e. The number of hydrogen-bond acceptors (Lipinski definition) is 2. The van der Waals surface area contributed by atoms with Gasteiger partial charge in [-0.05, 0) is 24.8 Å². The van der Waals surface area contributed by atoms with Gasteiger partial charge in [-0.25, -0.2) is 0 Å². The summed E-state index contributed by atoms with van der Waals surface area (Å²) in [4.78, 5) is 11.4. The van der Waals surface area contributed by atoms with E-state index in [0.717, 1.165) is 31.2 Å². The Morgan fingerprint density at radius 2 is 2.11 bits per heavy atom. The second-order valence-corrected chi connectivity index (χ2v) is 4.97. The Hall–Kier alpha value is -1.82. The molecule has 18 heavy (non-hydrogen) atoms. The maximum Gasteiger partial charge on any atom is 0.218 e. The highest BCUT2D eigenvalue weighted by Crippen LogP contribution is 2.40. The van der Waals surface area contributed by atoms with Gasteiger partial charge in [-0.15, -0.1) is 0 Å². The fourth-order valence-electron chi connectivity index (χ4n) is 2.93. The van der Waals surface area contributed by atoms with E-state index in [1.165, 1.54) is 6.92 Å². The van der Waals surface area contributed by atoms with Gasteiger partial charge >= 0.3 is 0 Å². The van der Waals surface area contributed by atoms with E-state index in [9.17, 15) is 10.1 Å². The van der Waals surface area contributed by atoms with Crippen molar-refractivity contribution >= 4 is 5.91 Å². The second kappa shape index (κ2) is 5.22. The highest BCUT2D eigenvalue weighted by atomic mass is 16.1. The van der Waals surface area contributed by atoms with Crippen molar-refractivity contribution in [2.45, 2.75) is 44.1 Å². The molecule has 1 aromatic rings. The summed E-state index contributed by atoms with van der Waals surface area (Å²) in [5.41, 5.74) is 0.415. The zero-order chi connectivity index (χ0) is 13.0. The van der Waals surface area contributed by atoms with Crippen LogP contribution in [-0.2, 0) is 4.79 Å². The van der Waals surface area contributed by atoms with Crippen molar-refractivity contribution in [2.75, 3.05) is 0 Å². The van der Waals surface area contributed by atoms with Gasteiger partial charge in [-0.2, -0.15) is 5.26 Å². The third-order valence-corrected chi connectivity index (χ3v) is 3.71. The largest absolute Gasteiger partial charge is 0.338 e. The first-order valence-electron chi connectivity index (χ1n) is 6.43. The lowest BCUT2D eigenvalue weighted by Crippen LogP contribution is -2.52. The predicted octanol–water partition coefficient (Wildman–Crippen LogP) is 2.74. The lowest BCUT2D eigenvalue weighted by atomic mass is 9.70. The predicted molar refractivity (Wildman–Crippen MR) is 69.8 cm³/mol. The molecule has 1 amide bonds. The molecular weight excluding hydrogens is 224 g/mol. The Balaban J connectivity index is 2.36. The van der Waals surface area contributed by atoms with Gasteiger partial charge in [-0.3, -0.25) is 4.79 Å². The number of nitrogens with zero attached hydrogens (tertiary/aromatic N) is 1. The van der Waals surface area contributed by atoms with Crippen LogP contribution in [0.1, 0.15) is 44.1 Å². The molecule has 0 saturated heterocycles. The standard InChI is InChI=1S/C15H18N2O/c1-12(18)17-15(11-16)10-6-5-9-14(15)13-7-3-2-4-8-13/h2-4,7-8,14H,5-6,9-10H2,1H3,(H,17,18)/t14-,15?/m1/s1. The number of benzene rings is 1. The molecule has 3 nitrogen and oxygen atoms in total. The monoisotopic (exact) mass is 242 g/mol. The van der Waals surface area contributed by atoms with Gasteiger partial charge in [0.15, 0.2) is 0 Å². The number of amides is 1. The fourth-order valence-corrected chi connectivity index (χ4v) is 2.93. The Morgan fingerprint density at radius 1 is 1.39 bits per heavy atom. The average Bonchev–Trinajstić information content (AvgIpc) is 2.39. The van der Waals surface area contributed by atoms with Crippen LogP contribution in [0.15, 0.2) is 30.3 Å². The van der Waals surface area contributed by atoms with Crippen LogP contribution in [0.5, 0.6) is 0 Å². The molecule has 1 aromatic carbocycles. The zero-order valence-electron chi connectivity index (χ0n) is 10.6. The average molecular weight is 242 g/mol. The maximum absolute atomic E-state index is 11.4. The Kier molecular flexibility index (Phi) is 3.66. The molecule has 1 aliphatic carbocycles. The smallest absolute Gasteiger partial charge is 0.218 e. The van der Waals surface area contributed by atoms with E-state index in [2.05, 4.69) is 11.4 Å². The van der Waals surface area contributed by atoms with E-state index in [1.54, 1.807) is 0 Å². The van der Waals surface area contributed by atoms with Crippen LogP contribution < -0.4 is 5.32 Å². The third kappa shape index (κ3) is 2.38. The van der Waals surface area contributed by atoms with E-state index < -0.39 is 5.54 Å². The first kappa shape index (κ1) is 12.6. The lowest BCUT2D eigenvalue weighted by molar-refractivity contribution is -0.120. The molecule has 1 fully saturated rings. The molecule has 0 spiro atoms. The molecule has 2 rings (SSSR count). The number of nitriles is 1. The number of carbonyl (C=O) groups is 1. The number of nitrogens with one attached hydrogen (secondary N) is 1. The third-order valence-electron chi connectivity index (χ3n) is 3.71. The summed E-state index contributed by atoms with van der Waals surface area (Å²) < 4.78 is 0. The van der Waals surface area contributed by atoms with Crippen LogP contribution in [0.2, 0.25) is 0 Å². The van der Waals surface area contributed by atoms with Crippen LogP contribution in [-0.4, -0.2) is 11.4 Å². The maximum atomic E-state index is 11.4. The van der Waals surface area contributed by atoms with Gasteiger partial charge in [-0.1, -0.05) is 36.8 Å². The van der Waals surface area contributed by atoms with E-state index in [4.69, 9.17) is 0 Å². The van der Waals surface area contributed by atoms with E-state index in [-0.39, 0.29) is 11.8 Å². The summed E-state index contributed by atoms with van der Waals surface area (Å²) in [7, 11) is 0. The summed E-state index contributed by atoms with van der Waals surface area (Å²) >= 11 is 0. The van der Waals surface area contributed by atoms with Crippen LogP contribution in [0.4, 0.5) is 0 Å². The van der Waals surface area contributed by atoms with Crippen LogP contribution in [0, 0.1) is 11.3 Å². The van der Waals surface area contributed by atoms with Crippen LogP contribution in [0.25, 0.3) is 0 Å². The first-order chi connectivity index (χ1) is 8.68. The van der Waals surface area contributed by atoms with Gasteiger partial charge in [0.1, 0.15) is 5.54 Å². The molecule has 1 unspecified atom stereocenters. The molecule has 94 valence electrons. The minimum absolute atomic E-state index is 0.0985. The van der Waals surface area contributed by atoms with Crippen molar-refractivity contribution in [1.29, 1.82) is 5.26 Å². The van der Waals surface area contributed by atoms with Crippen molar-refractivity contribution in [3.8, 4) is 6.07 Å². The van der Waals surface area contributed by atoms with Gasteiger partial charge < -0.3 is 5.32 Å². The summed E-state index contributed by atoms with van der Waals surface area (Å²) in [6.45, 7) is 1.48. The molecule has 1 saturated carbocycles. The quantitative estimate of drug-likeness (QED) is 0.867. The highest BCUT2D eigenvalue weighted by Gasteiger charge is 2.42. The molecule has 0 radical (unpaired) electrons. The second-order valence-electron chi connectivity index (χ2n) is 4.97. The Labute approximate surface area is 108 Å². The normalized spacial score (nSPS) is 27.2. The number of hydrogen-bond donors (Lipinski definition) is 1. The SMILES string of the molecule is CC(=O)NC1(C#N)CCCC[C@@H]1c1ccccc1. The first-order valence-corrected chi connectivity index (χ1v) is 6.43. The molecular formula is C15H18N2O. The van der Waals surface area contributed by atoms with Gasteiger partial charge in [0, 0.05) is 12.8 Å². The molecule has 0 aliphatic heterocycles. The molecule has 3 heteroatoms. The van der Waals surface area contributed by atoms with Gasteiger partial charge in [0.2, 0.25) is 5.91 Å². The van der Waals surface area contributed by atoms with Crippen molar-refractivity contribution in [2.24, 2.45) is 0 Å². The summed E-state index contributed by atoms with van der Waals surface area (Å²) in [6, 6.07) is 12.4. The lowest BCUT2D eigenvalue weighted by Gasteiger charge is -2.39. The number of rotatable bonds is 2. The number of carbonyl (C=O) groups excluding carboxylic acids is 1. The summed E-state index contributed by atoms with van der Waals surface area (Å²) in [5, 5.41) is 12.5. The summed E-state index contributed by atoms with van der Waals surface area (Å²) in [6.07, 6.45) is 3.81. The van der Waals surface area contributed by atoms with E-state index in [1.807, 2.05) is 30.3 Å². The highest BCUT2D eigenvalue weighted by molar-refractivity contribution is 5.74. The van der Waals surface area contributed by atoms with Crippen molar-refractivity contribution in [3.05, 3.63) is 35.9 Å². The summed E-state index contributed by atoms with van der Waals surface area (Å²) in [5.74, 6) is -0.0271. The van der Waals surface area contributed by atoms with E-state index >= 15 is 0 Å². The van der Waals surface area contributed by atoms with Crippen LogP contribution in [0.3, 0.4) is 0 Å². The molecule has 2 atom stereocenters. The topological polar surface area (TPSA) is 52.9 Å². The fraction of sp³-hybridized carbons (Fsp3) is 0.467. The Bertz CT molecular complexity index is 463. The Morgan fingerprint density at radius 3 is 2.72 bits per heavy atom.